The Balaban J connectivity index is 0.000000322. The quantitative estimate of drug-likeness (QED) is 0.792. The summed E-state index contributed by atoms with van der Waals surface area (Å²) in [5.74, 6) is 3.09. The lowest BCUT2D eigenvalue weighted by Gasteiger charge is -2.00. The normalized spacial score (nSPS) is 9.91. The van der Waals surface area contributed by atoms with Crippen molar-refractivity contribution >= 4 is 5.97 Å². The van der Waals surface area contributed by atoms with Crippen LogP contribution in [0.25, 0.3) is 11.1 Å². The fourth-order valence-electron chi connectivity index (χ4n) is 1.53. The number of hydrogen-bond acceptors (Lipinski definition) is 2. The van der Waals surface area contributed by atoms with E-state index in [9.17, 15) is 13.2 Å². The minimum Gasteiger partial charge on any atom is -0.475 e. The third-order valence-corrected chi connectivity index (χ3v) is 2.57. The van der Waals surface area contributed by atoms with Gasteiger partial charge in [0.1, 0.15) is 0 Å². The molecule has 0 fully saturated rings. The molecule has 120 valence electrons. The maximum Gasteiger partial charge on any atom is 0.490 e. The molecule has 0 aliphatic carbocycles. The lowest BCUT2D eigenvalue weighted by Crippen LogP contribution is -2.21. The van der Waals surface area contributed by atoms with Crippen molar-refractivity contribution in [2.75, 3.05) is 6.54 Å². The molecule has 0 aliphatic rings. The fraction of sp³-hybridized carbons (Fsp3) is 0.118. The standard InChI is InChI=1S/C15H13N.C2HF3O2/c16-12-4-5-13-8-10-15(11-9-13)14-6-2-1-3-7-14;3-2(4,5)1(6)7/h1-3,6-11H,12,16H2;(H,6,7). The number of alkyl halides is 3. The molecule has 6 heteroatoms. The number of carboxylic acid groups (broad SMARTS) is 1. The van der Waals surface area contributed by atoms with Gasteiger partial charge in [0, 0.05) is 5.56 Å². The predicted octanol–water partition coefficient (Wildman–Crippen LogP) is 3.30. The van der Waals surface area contributed by atoms with E-state index >= 15 is 0 Å². The van der Waals surface area contributed by atoms with Crippen molar-refractivity contribution in [2.45, 2.75) is 6.18 Å². The number of benzene rings is 2. The highest BCUT2D eigenvalue weighted by atomic mass is 19.4. The Labute approximate surface area is 131 Å². The summed E-state index contributed by atoms with van der Waals surface area (Å²) >= 11 is 0. The van der Waals surface area contributed by atoms with Gasteiger partial charge >= 0.3 is 12.1 Å². The van der Waals surface area contributed by atoms with Crippen LogP contribution < -0.4 is 5.73 Å². The highest BCUT2D eigenvalue weighted by Crippen LogP contribution is 2.18. The van der Waals surface area contributed by atoms with Crippen molar-refractivity contribution in [3.63, 3.8) is 0 Å². The van der Waals surface area contributed by atoms with E-state index in [0.29, 0.717) is 6.54 Å². The largest absolute Gasteiger partial charge is 0.490 e. The lowest BCUT2D eigenvalue weighted by molar-refractivity contribution is -0.192. The van der Waals surface area contributed by atoms with Crippen molar-refractivity contribution in [3.8, 4) is 23.0 Å². The third-order valence-electron chi connectivity index (χ3n) is 2.57. The molecule has 0 bridgehead atoms. The number of aliphatic carboxylic acids is 1. The van der Waals surface area contributed by atoms with Gasteiger partial charge in [0.15, 0.2) is 0 Å². The summed E-state index contributed by atoms with van der Waals surface area (Å²) in [6.45, 7) is 0.403. The van der Waals surface area contributed by atoms with E-state index in [1.165, 1.54) is 11.1 Å². The highest BCUT2D eigenvalue weighted by molar-refractivity contribution is 5.73. The maximum atomic E-state index is 10.6. The van der Waals surface area contributed by atoms with Crippen LogP contribution in [0.1, 0.15) is 5.56 Å². The molecule has 3 nitrogen and oxygen atoms in total. The zero-order valence-electron chi connectivity index (χ0n) is 12.0. The van der Waals surface area contributed by atoms with Crippen LogP contribution in [0.2, 0.25) is 0 Å². The smallest absolute Gasteiger partial charge is 0.475 e. The van der Waals surface area contributed by atoms with Crippen LogP contribution in [0, 0.1) is 11.8 Å². The lowest BCUT2D eigenvalue weighted by atomic mass is 10.0. The molecule has 2 aromatic rings. The molecule has 0 spiro atoms. The minimum absolute atomic E-state index is 0.403. The number of carboxylic acids is 1. The highest BCUT2D eigenvalue weighted by Gasteiger charge is 2.38. The first-order valence-corrected chi connectivity index (χ1v) is 6.49. The molecule has 23 heavy (non-hydrogen) atoms. The SMILES string of the molecule is NCC#Cc1ccc(-c2ccccc2)cc1.O=C(O)C(F)(F)F. The van der Waals surface area contributed by atoms with Crippen molar-refractivity contribution in [1.29, 1.82) is 0 Å². The van der Waals surface area contributed by atoms with Gasteiger partial charge in [0.25, 0.3) is 0 Å². The zero-order valence-corrected chi connectivity index (χ0v) is 12.0. The Bertz CT molecular complexity index is 684. The molecule has 2 aromatic carbocycles. The van der Waals surface area contributed by atoms with Gasteiger partial charge < -0.3 is 10.8 Å². The number of carbonyl (C=O) groups is 1. The molecule has 0 heterocycles. The van der Waals surface area contributed by atoms with Crippen molar-refractivity contribution in [1.82, 2.24) is 0 Å². The maximum absolute atomic E-state index is 10.6. The van der Waals surface area contributed by atoms with Crippen molar-refractivity contribution in [2.24, 2.45) is 5.73 Å². The predicted molar refractivity (Wildman–Crippen MR) is 81.5 cm³/mol. The Morgan fingerprint density at radius 2 is 1.48 bits per heavy atom. The van der Waals surface area contributed by atoms with E-state index in [2.05, 4.69) is 36.1 Å². The Morgan fingerprint density at radius 1 is 1.00 bits per heavy atom. The summed E-state index contributed by atoms with van der Waals surface area (Å²) in [5, 5.41) is 7.12. The topological polar surface area (TPSA) is 63.3 Å². The van der Waals surface area contributed by atoms with E-state index in [-0.39, 0.29) is 0 Å². The van der Waals surface area contributed by atoms with Crippen LogP contribution in [0.5, 0.6) is 0 Å². The summed E-state index contributed by atoms with van der Waals surface area (Å²) in [4.78, 5) is 8.90. The second kappa shape index (κ2) is 8.61. The summed E-state index contributed by atoms with van der Waals surface area (Å²) in [7, 11) is 0. The third kappa shape index (κ3) is 6.68. The van der Waals surface area contributed by atoms with Gasteiger partial charge in [-0.25, -0.2) is 4.79 Å². The van der Waals surface area contributed by atoms with Crippen LogP contribution in [-0.2, 0) is 4.79 Å². The van der Waals surface area contributed by atoms with Crippen LogP contribution in [0.3, 0.4) is 0 Å². The zero-order chi connectivity index (χ0) is 17.3. The average Bonchev–Trinajstić information content (AvgIpc) is 2.54. The van der Waals surface area contributed by atoms with Gasteiger partial charge in [-0.05, 0) is 23.3 Å². The van der Waals surface area contributed by atoms with Crippen LogP contribution >= 0.6 is 0 Å². The van der Waals surface area contributed by atoms with Crippen molar-refractivity contribution in [3.05, 3.63) is 60.2 Å². The first-order chi connectivity index (χ1) is 10.8. The van der Waals surface area contributed by atoms with Gasteiger partial charge in [-0.15, -0.1) is 0 Å². The first-order valence-electron chi connectivity index (χ1n) is 6.49. The second-order valence-electron chi connectivity index (χ2n) is 4.25. The number of rotatable bonds is 1. The summed E-state index contributed by atoms with van der Waals surface area (Å²) in [5.41, 5.74) is 8.76. The van der Waals surface area contributed by atoms with Crippen LogP contribution in [0.15, 0.2) is 54.6 Å². The second-order valence-corrected chi connectivity index (χ2v) is 4.25. The summed E-state index contributed by atoms with van der Waals surface area (Å²) < 4.78 is 31.7. The first kappa shape index (κ1) is 18.3. The number of halogens is 3. The minimum atomic E-state index is -5.08. The molecular weight excluding hydrogens is 307 g/mol. The Morgan fingerprint density at radius 3 is 1.91 bits per heavy atom. The van der Waals surface area contributed by atoms with Gasteiger partial charge in [0.05, 0.1) is 6.54 Å². The Kier molecular flexibility index (Phi) is 6.84. The molecule has 2 rings (SSSR count). The molecule has 0 amide bonds. The summed E-state index contributed by atoms with van der Waals surface area (Å²) in [6.07, 6.45) is -5.08. The Hall–Kier alpha value is -2.78. The molecule has 0 saturated heterocycles. The molecular formula is C17H14F3NO2. The number of hydrogen-bond donors (Lipinski definition) is 2. The van der Waals surface area contributed by atoms with E-state index in [1.54, 1.807) is 0 Å². The average molecular weight is 321 g/mol. The molecule has 0 unspecified atom stereocenters. The molecule has 0 saturated carbocycles. The van der Waals surface area contributed by atoms with Gasteiger partial charge in [-0.3, -0.25) is 0 Å². The van der Waals surface area contributed by atoms with Crippen LogP contribution in [-0.4, -0.2) is 23.8 Å². The molecule has 0 aliphatic heterocycles. The summed E-state index contributed by atoms with van der Waals surface area (Å²) in [6, 6.07) is 18.5. The molecule has 3 N–H and O–H groups in total. The van der Waals surface area contributed by atoms with E-state index in [1.807, 2.05) is 30.3 Å². The fourth-order valence-corrected chi connectivity index (χ4v) is 1.53. The molecule has 0 atom stereocenters. The monoisotopic (exact) mass is 321 g/mol. The molecule has 0 radical (unpaired) electrons. The van der Waals surface area contributed by atoms with Gasteiger partial charge in [-0.2, -0.15) is 13.2 Å². The van der Waals surface area contributed by atoms with Crippen LogP contribution in [0.4, 0.5) is 13.2 Å². The molecule has 0 aromatic heterocycles. The van der Waals surface area contributed by atoms with Crippen molar-refractivity contribution < 1.29 is 23.1 Å². The van der Waals surface area contributed by atoms with Gasteiger partial charge in [-0.1, -0.05) is 54.3 Å². The van der Waals surface area contributed by atoms with E-state index in [0.717, 1.165) is 5.56 Å². The van der Waals surface area contributed by atoms with Gasteiger partial charge in [0.2, 0.25) is 0 Å². The van der Waals surface area contributed by atoms with E-state index in [4.69, 9.17) is 15.6 Å². The van der Waals surface area contributed by atoms with E-state index < -0.39 is 12.1 Å². The number of nitrogens with two attached hydrogens (primary N) is 1.